The quantitative estimate of drug-likeness (QED) is 0.0877. The van der Waals surface area contributed by atoms with E-state index in [9.17, 15) is 4.79 Å². The van der Waals surface area contributed by atoms with Crippen molar-refractivity contribution in [1.82, 2.24) is 15.0 Å². The summed E-state index contributed by atoms with van der Waals surface area (Å²) in [4.78, 5) is 11.5. The maximum atomic E-state index is 11.5. The molecule has 0 aliphatic rings. The van der Waals surface area contributed by atoms with Crippen molar-refractivity contribution in [2.45, 2.75) is 66.5 Å². The Bertz CT molecular complexity index is 976. The van der Waals surface area contributed by atoms with Gasteiger partial charge in [-0.25, -0.2) is 0 Å². The van der Waals surface area contributed by atoms with Crippen LogP contribution < -0.4 is 0 Å². The van der Waals surface area contributed by atoms with Gasteiger partial charge in [0.15, 0.2) is 0 Å². The predicted octanol–water partition coefficient (Wildman–Crippen LogP) is 3.44. The van der Waals surface area contributed by atoms with E-state index in [1.54, 1.807) is 0 Å². The topological polar surface area (TPSA) is 168 Å². The van der Waals surface area contributed by atoms with Crippen LogP contribution in [0.3, 0.4) is 0 Å². The third-order valence-corrected chi connectivity index (χ3v) is 7.86. The van der Waals surface area contributed by atoms with Gasteiger partial charge in [0.1, 0.15) is 11.5 Å². The molecule has 0 fully saturated rings. The number of hydrogen-bond acceptors (Lipinski definition) is 16. The van der Waals surface area contributed by atoms with E-state index < -0.39 is 0 Å². The van der Waals surface area contributed by atoms with E-state index in [0.717, 1.165) is 24.6 Å². The summed E-state index contributed by atoms with van der Waals surface area (Å²) in [6.07, 6.45) is 5.97. The fourth-order valence-electron chi connectivity index (χ4n) is 4.62. The van der Waals surface area contributed by atoms with Crippen molar-refractivity contribution >= 4 is 5.78 Å². The first-order chi connectivity index (χ1) is 28.0. The third-order valence-electron chi connectivity index (χ3n) is 7.86. The van der Waals surface area contributed by atoms with Crippen molar-refractivity contribution in [3.05, 3.63) is 11.9 Å². The number of Topliss-reactive ketones (excluding diaryl/α,β-unsaturated/α-hetero) is 1. The minimum absolute atomic E-state index is 0.0566. The zero-order valence-electron chi connectivity index (χ0n) is 35.7. The van der Waals surface area contributed by atoms with Crippen LogP contribution >= 0.6 is 0 Å². The van der Waals surface area contributed by atoms with E-state index in [1.807, 2.05) is 24.7 Å². The first-order valence-corrected chi connectivity index (χ1v) is 20.9. The van der Waals surface area contributed by atoms with Gasteiger partial charge in [-0.05, 0) is 12.3 Å². The Balaban J connectivity index is 1.65. The molecule has 1 rings (SSSR count). The van der Waals surface area contributed by atoms with Gasteiger partial charge < -0.3 is 61.6 Å². The molecule has 0 spiro atoms. The Hall–Kier alpha value is -1.71. The summed E-state index contributed by atoms with van der Waals surface area (Å²) < 4.78 is 73.4. The summed E-state index contributed by atoms with van der Waals surface area (Å²) >= 11 is 0. The maximum absolute atomic E-state index is 11.5. The monoisotopic (exact) mass is 824 g/mol. The molecule has 0 N–H and O–H groups in total. The average molecular weight is 824 g/mol. The molecule has 0 radical (unpaired) electrons. The zero-order valence-corrected chi connectivity index (χ0v) is 35.7. The lowest BCUT2D eigenvalue weighted by Crippen LogP contribution is -2.15. The maximum Gasteiger partial charge on any atom is 0.137 e. The molecule has 17 heteroatoms. The predicted molar refractivity (Wildman–Crippen MR) is 213 cm³/mol. The number of ether oxygens (including phenoxy) is 13. The van der Waals surface area contributed by atoms with Crippen LogP contribution in [0.2, 0.25) is 0 Å². The molecule has 0 amide bonds. The first-order valence-electron chi connectivity index (χ1n) is 20.9. The molecule has 1 aromatic rings. The molecule has 0 saturated heterocycles. The van der Waals surface area contributed by atoms with Gasteiger partial charge in [-0.15, -0.1) is 5.10 Å². The van der Waals surface area contributed by atoms with E-state index in [1.165, 1.54) is 12.8 Å². The Labute approximate surface area is 342 Å². The van der Waals surface area contributed by atoms with E-state index in [4.69, 9.17) is 61.6 Å². The second-order valence-electron chi connectivity index (χ2n) is 13.6. The van der Waals surface area contributed by atoms with Crippen LogP contribution in [0.1, 0.15) is 59.1 Å². The van der Waals surface area contributed by atoms with Crippen LogP contribution in [0, 0.1) is 11.8 Å². The van der Waals surface area contributed by atoms with Gasteiger partial charge in [0.05, 0.1) is 178 Å². The molecular weight excluding hydrogens is 746 g/mol. The smallest absolute Gasteiger partial charge is 0.137 e. The molecule has 0 atom stereocenters. The second-order valence-corrected chi connectivity index (χ2v) is 13.6. The molecular formula is C40H77N3O14. The van der Waals surface area contributed by atoms with E-state index in [0.29, 0.717) is 178 Å². The van der Waals surface area contributed by atoms with Crippen molar-refractivity contribution in [3.8, 4) is 0 Å². The summed E-state index contributed by atoms with van der Waals surface area (Å²) in [5.41, 5.74) is 0.838. The summed E-state index contributed by atoms with van der Waals surface area (Å²) in [6.45, 7) is 22.0. The van der Waals surface area contributed by atoms with Gasteiger partial charge in [-0.2, -0.15) is 0 Å². The highest BCUT2D eigenvalue weighted by molar-refractivity contribution is 5.80. The highest BCUT2D eigenvalue weighted by atomic mass is 16.6. The standard InChI is InChI=1S/C40H77N3O14/c1-37(2)7-5-6-9-43-35-39(41-42-43)36-57-34-33-56-32-31-55-30-29-54-28-27-53-26-25-52-24-23-51-22-21-50-20-19-49-18-17-48-16-15-47-14-13-46-12-11-45-10-8-40(44)38(3)4/h35,37-38H,5-34,36H2,1-4H3. The van der Waals surface area contributed by atoms with E-state index in [2.05, 4.69) is 24.2 Å². The number of unbranched alkanes of at least 4 members (excludes halogenated alkanes) is 1. The highest BCUT2D eigenvalue weighted by Crippen LogP contribution is 2.07. The van der Waals surface area contributed by atoms with Crippen molar-refractivity contribution in [2.75, 3.05) is 165 Å². The Morgan fingerprint density at radius 2 is 0.789 bits per heavy atom. The lowest BCUT2D eigenvalue weighted by Gasteiger charge is -2.09. The lowest BCUT2D eigenvalue weighted by atomic mass is 10.1. The summed E-state index contributed by atoms with van der Waals surface area (Å²) in [7, 11) is 0. The first kappa shape index (κ1) is 53.3. The van der Waals surface area contributed by atoms with Crippen LogP contribution in [-0.2, 0) is 79.5 Å². The number of nitrogens with zero attached hydrogens (tertiary/aromatic N) is 3. The van der Waals surface area contributed by atoms with Crippen molar-refractivity contribution < 1.29 is 66.4 Å². The molecule has 0 unspecified atom stereocenters. The van der Waals surface area contributed by atoms with Gasteiger partial charge in [0.2, 0.25) is 0 Å². The second kappa shape index (κ2) is 42.4. The fourth-order valence-corrected chi connectivity index (χ4v) is 4.62. The Kier molecular flexibility index (Phi) is 39.7. The normalized spacial score (nSPS) is 11.8. The van der Waals surface area contributed by atoms with Gasteiger partial charge in [0.25, 0.3) is 0 Å². The van der Waals surface area contributed by atoms with Gasteiger partial charge in [0, 0.05) is 18.9 Å². The molecule has 17 nitrogen and oxygen atoms in total. The van der Waals surface area contributed by atoms with Crippen LogP contribution in [0.4, 0.5) is 0 Å². The van der Waals surface area contributed by atoms with Crippen LogP contribution in [0.25, 0.3) is 0 Å². The SMILES string of the molecule is CC(C)CCCCn1cc(COCCOCCOCCOCCOCCOCCOCCOCCOCCOCCOCCOCCOCCC(=O)C(C)C)nn1. The Morgan fingerprint density at radius 1 is 0.474 bits per heavy atom. The van der Waals surface area contributed by atoms with Crippen molar-refractivity contribution in [1.29, 1.82) is 0 Å². The van der Waals surface area contributed by atoms with E-state index >= 15 is 0 Å². The number of hydrogen-bond donors (Lipinski definition) is 0. The van der Waals surface area contributed by atoms with Gasteiger partial charge >= 0.3 is 0 Å². The molecule has 0 aliphatic carbocycles. The Morgan fingerprint density at radius 3 is 1.11 bits per heavy atom. The van der Waals surface area contributed by atoms with Gasteiger partial charge in [-0.3, -0.25) is 9.48 Å². The highest BCUT2D eigenvalue weighted by Gasteiger charge is 2.06. The number of aryl methyl sites for hydroxylation is 1. The van der Waals surface area contributed by atoms with E-state index in [-0.39, 0.29) is 11.7 Å². The minimum atomic E-state index is 0.0566. The molecule has 0 saturated carbocycles. The summed E-state index contributed by atoms with van der Waals surface area (Å²) in [5.74, 6) is 1.02. The van der Waals surface area contributed by atoms with Crippen LogP contribution in [0.5, 0.6) is 0 Å². The number of aromatic nitrogens is 3. The average Bonchev–Trinajstić information content (AvgIpc) is 3.66. The van der Waals surface area contributed by atoms with Crippen molar-refractivity contribution in [2.24, 2.45) is 11.8 Å². The molecule has 0 aromatic carbocycles. The number of carbonyl (C=O) groups is 1. The minimum Gasteiger partial charge on any atom is -0.379 e. The molecule has 1 aromatic heterocycles. The summed E-state index contributed by atoms with van der Waals surface area (Å²) in [5, 5.41) is 8.33. The molecule has 336 valence electrons. The van der Waals surface area contributed by atoms with Crippen LogP contribution in [-0.4, -0.2) is 186 Å². The van der Waals surface area contributed by atoms with Crippen LogP contribution in [0.15, 0.2) is 6.20 Å². The fraction of sp³-hybridized carbons (Fsp3) is 0.925. The zero-order chi connectivity index (χ0) is 41.1. The number of ketones is 1. The lowest BCUT2D eigenvalue weighted by molar-refractivity contribution is -0.123. The van der Waals surface area contributed by atoms with Crippen molar-refractivity contribution in [3.63, 3.8) is 0 Å². The number of rotatable bonds is 47. The molecule has 0 bridgehead atoms. The summed E-state index contributed by atoms with van der Waals surface area (Å²) in [6, 6.07) is 0. The third kappa shape index (κ3) is 39.5. The largest absolute Gasteiger partial charge is 0.379 e. The van der Waals surface area contributed by atoms with Gasteiger partial charge in [-0.1, -0.05) is 45.7 Å². The molecule has 57 heavy (non-hydrogen) atoms. The number of carbonyl (C=O) groups excluding carboxylic acids is 1. The molecule has 1 heterocycles. The molecule has 0 aliphatic heterocycles.